The fourth-order valence-corrected chi connectivity index (χ4v) is 1.59. The fraction of sp³-hybridized carbons (Fsp3) is 0.333. The van der Waals surface area contributed by atoms with Crippen LogP contribution in [-0.2, 0) is 4.79 Å². The number of hydrogen-bond donors (Lipinski definition) is 2. The molecule has 0 saturated carbocycles. The molecule has 6 heteroatoms. The van der Waals surface area contributed by atoms with Crippen LogP contribution < -0.4 is 10.6 Å². The first-order valence-corrected chi connectivity index (χ1v) is 5.37. The van der Waals surface area contributed by atoms with Gasteiger partial charge >= 0.3 is 5.97 Å². The molecule has 0 bridgehead atoms. The van der Waals surface area contributed by atoms with E-state index in [0.717, 1.165) is 10.6 Å². The lowest BCUT2D eigenvalue weighted by Gasteiger charge is -2.18. The van der Waals surface area contributed by atoms with E-state index in [-0.39, 0.29) is 12.5 Å². The molecule has 0 fully saturated rings. The minimum Gasteiger partial charge on any atom is -0.480 e. The fourth-order valence-electron chi connectivity index (χ4n) is 1.59. The van der Waals surface area contributed by atoms with Gasteiger partial charge in [-0.25, -0.2) is 0 Å². The first-order chi connectivity index (χ1) is 8.32. The molecule has 0 atom stereocenters. The predicted octanol–water partition coefficient (Wildman–Crippen LogP) is 0.491. The number of nitrogens with two attached hydrogens (primary N) is 1. The molecular weight excluding hydrogens is 234 g/mol. The van der Waals surface area contributed by atoms with Crippen LogP contribution in [0.3, 0.4) is 0 Å². The van der Waals surface area contributed by atoms with Crippen LogP contribution in [0.1, 0.15) is 10.4 Å². The second-order valence-corrected chi connectivity index (χ2v) is 4.22. The molecule has 0 aliphatic rings. The Morgan fingerprint density at radius 2 is 1.89 bits per heavy atom. The average Bonchev–Trinajstić information content (AvgIpc) is 2.26. The van der Waals surface area contributed by atoms with Gasteiger partial charge in [-0.3, -0.25) is 9.59 Å². The number of carboxylic acid groups (broad SMARTS) is 1. The lowest BCUT2D eigenvalue weighted by Crippen LogP contribution is -2.32. The van der Waals surface area contributed by atoms with Gasteiger partial charge in [0.15, 0.2) is 0 Å². The Kier molecular flexibility index (Phi) is 4.14. The van der Waals surface area contributed by atoms with Crippen molar-refractivity contribution >= 4 is 23.3 Å². The van der Waals surface area contributed by atoms with E-state index in [0.29, 0.717) is 11.3 Å². The number of nitrogens with zero attached hydrogens (tertiary/aromatic N) is 2. The van der Waals surface area contributed by atoms with Gasteiger partial charge in [-0.2, -0.15) is 0 Å². The standard InChI is InChI=1S/C12H17N3O3/c1-14(2)10-5-4-8(6-9(10)13)12(18)15(3)7-11(16)17/h4-6H,7,13H2,1-3H3,(H,16,17). The number of carbonyl (C=O) groups is 2. The Morgan fingerprint density at radius 3 is 2.33 bits per heavy atom. The summed E-state index contributed by atoms with van der Waals surface area (Å²) in [5, 5.41) is 8.63. The van der Waals surface area contributed by atoms with Crippen molar-refractivity contribution in [2.45, 2.75) is 0 Å². The summed E-state index contributed by atoms with van der Waals surface area (Å²) in [5.41, 5.74) is 7.50. The zero-order chi connectivity index (χ0) is 13.9. The van der Waals surface area contributed by atoms with Crippen molar-refractivity contribution in [1.82, 2.24) is 4.90 Å². The number of nitrogen functional groups attached to an aromatic ring is 1. The van der Waals surface area contributed by atoms with Crippen LogP contribution in [0.2, 0.25) is 0 Å². The minimum atomic E-state index is -1.05. The molecule has 0 spiro atoms. The second-order valence-electron chi connectivity index (χ2n) is 4.22. The summed E-state index contributed by atoms with van der Waals surface area (Å²) in [7, 11) is 5.14. The normalized spacial score (nSPS) is 9.94. The molecule has 0 saturated heterocycles. The predicted molar refractivity (Wildman–Crippen MR) is 69.8 cm³/mol. The van der Waals surface area contributed by atoms with Gasteiger partial charge in [0, 0.05) is 26.7 Å². The highest BCUT2D eigenvalue weighted by atomic mass is 16.4. The van der Waals surface area contributed by atoms with Crippen LogP contribution in [0, 0.1) is 0 Å². The van der Waals surface area contributed by atoms with Crippen LogP contribution in [0.25, 0.3) is 0 Å². The van der Waals surface area contributed by atoms with Crippen LogP contribution >= 0.6 is 0 Å². The van der Waals surface area contributed by atoms with Crippen molar-refractivity contribution in [1.29, 1.82) is 0 Å². The van der Waals surface area contributed by atoms with Crippen LogP contribution in [0.15, 0.2) is 18.2 Å². The molecule has 1 aromatic rings. The number of aliphatic carboxylic acids is 1. The summed E-state index contributed by atoms with van der Waals surface area (Å²) >= 11 is 0. The molecule has 3 N–H and O–H groups in total. The van der Waals surface area contributed by atoms with E-state index in [1.165, 1.54) is 7.05 Å². The summed E-state index contributed by atoms with van der Waals surface area (Å²) in [6.45, 7) is -0.339. The Morgan fingerprint density at radius 1 is 1.28 bits per heavy atom. The third kappa shape index (κ3) is 3.13. The highest BCUT2D eigenvalue weighted by Gasteiger charge is 2.15. The van der Waals surface area contributed by atoms with Crippen molar-refractivity contribution in [3.05, 3.63) is 23.8 Å². The maximum Gasteiger partial charge on any atom is 0.323 e. The molecule has 0 heterocycles. The largest absolute Gasteiger partial charge is 0.480 e. The van der Waals surface area contributed by atoms with E-state index in [1.807, 2.05) is 19.0 Å². The number of benzene rings is 1. The minimum absolute atomic E-state index is 0.339. The molecule has 98 valence electrons. The summed E-state index contributed by atoms with van der Waals surface area (Å²) in [4.78, 5) is 25.4. The van der Waals surface area contributed by atoms with Crippen LogP contribution in [-0.4, -0.2) is 49.6 Å². The zero-order valence-electron chi connectivity index (χ0n) is 10.7. The van der Waals surface area contributed by atoms with Gasteiger partial charge in [-0.15, -0.1) is 0 Å². The third-order valence-electron chi connectivity index (χ3n) is 2.48. The number of hydrogen-bond acceptors (Lipinski definition) is 4. The number of carbonyl (C=O) groups excluding carboxylic acids is 1. The van der Waals surface area contributed by atoms with Crippen molar-refractivity contribution in [3.63, 3.8) is 0 Å². The van der Waals surface area contributed by atoms with Crippen molar-refractivity contribution in [2.75, 3.05) is 38.3 Å². The molecule has 1 amide bonds. The Balaban J connectivity index is 2.94. The maximum atomic E-state index is 11.9. The number of amides is 1. The van der Waals surface area contributed by atoms with E-state index in [4.69, 9.17) is 10.8 Å². The Bertz CT molecular complexity index is 472. The van der Waals surface area contributed by atoms with Crippen LogP contribution in [0.5, 0.6) is 0 Å². The number of anilines is 2. The monoisotopic (exact) mass is 251 g/mol. The number of rotatable bonds is 4. The smallest absolute Gasteiger partial charge is 0.323 e. The first kappa shape index (κ1) is 13.8. The summed E-state index contributed by atoms with van der Waals surface area (Å²) in [6, 6.07) is 4.92. The van der Waals surface area contributed by atoms with E-state index >= 15 is 0 Å². The van der Waals surface area contributed by atoms with Crippen LogP contribution in [0.4, 0.5) is 11.4 Å². The molecule has 0 aromatic heterocycles. The quantitative estimate of drug-likeness (QED) is 0.760. The lowest BCUT2D eigenvalue weighted by atomic mass is 10.1. The molecule has 0 radical (unpaired) electrons. The maximum absolute atomic E-state index is 11.9. The summed E-state index contributed by atoms with van der Waals surface area (Å²) < 4.78 is 0. The highest BCUT2D eigenvalue weighted by molar-refractivity contribution is 5.97. The molecule has 18 heavy (non-hydrogen) atoms. The molecule has 1 aromatic carbocycles. The van der Waals surface area contributed by atoms with Gasteiger partial charge < -0.3 is 20.6 Å². The van der Waals surface area contributed by atoms with Gasteiger partial charge in [0.1, 0.15) is 6.54 Å². The Labute approximate surface area is 106 Å². The number of carboxylic acids is 1. The van der Waals surface area contributed by atoms with Crippen molar-refractivity contribution < 1.29 is 14.7 Å². The first-order valence-electron chi connectivity index (χ1n) is 5.37. The molecule has 1 rings (SSSR count). The average molecular weight is 251 g/mol. The Hall–Kier alpha value is -2.24. The lowest BCUT2D eigenvalue weighted by molar-refractivity contribution is -0.137. The zero-order valence-corrected chi connectivity index (χ0v) is 10.7. The van der Waals surface area contributed by atoms with Crippen molar-refractivity contribution in [2.24, 2.45) is 0 Å². The molecule has 6 nitrogen and oxygen atoms in total. The van der Waals surface area contributed by atoms with E-state index in [1.54, 1.807) is 18.2 Å². The van der Waals surface area contributed by atoms with Gasteiger partial charge in [0.25, 0.3) is 5.91 Å². The molecule has 0 unspecified atom stereocenters. The van der Waals surface area contributed by atoms with E-state index in [9.17, 15) is 9.59 Å². The molecule has 0 aliphatic heterocycles. The van der Waals surface area contributed by atoms with E-state index < -0.39 is 5.97 Å². The number of likely N-dealkylation sites (N-methyl/N-ethyl adjacent to an activating group) is 1. The molecule has 0 aliphatic carbocycles. The van der Waals surface area contributed by atoms with Gasteiger partial charge in [0.2, 0.25) is 0 Å². The highest BCUT2D eigenvalue weighted by Crippen LogP contribution is 2.22. The van der Waals surface area contributed by atoms with Crippen molar-refractivity contribution in [3.8, 4) is 0 Å². The van der Waals surface area contributed by atoms with Gasteiger partial charge in [-0.05, 0) is 18.2 Å². The van der Waals surface area contributed by atoms with E-state index in [2.05, 4.69) is 0 Å². The SMILES string of the molecule is CN(CC(=O)O)C(=O)c1ccc(N(C)C)c(N)c1. The molecular formula is C12H17N3O3. The third-order valence-corrected chi connectivity index (χ3v) is 2.48. The summed E-state index contributed by atoms with van der Waals surface area (Å²) in [6.07, 6.45) is 0. The second kappa shape index (κ2) is 5.39. The summed E-state index contributed by atoms with van der Waals surface area (Å²) in [5.74, 6) is -1.42. The topological polar surface area (TPSA) is 86.9 Å². The van der Waals surface area contributed by atoms with Gasteiger partial charge in [0.05, 0.1) is 11.4 Å². The van der Waals surface area contributed by atoms with Gasteiger partial charge in [-0.1, -0.05) is 0 Å².